The number of rotatable bonds is 6. The summed E-state index contributed by atoms with van der Waals surface area (Å²) in [6.45, 7) is 13.8. The average molecular weight is 367 g/mol. The molecule has 2 aliphatic rings. The molecule has 0 aromatic rings. The van der Waals surface area contributed by atoms with Crippen molar-refractivity contribution >= 4 is 21.5 Å². The number of hydrogen-bond acceptors (Lipinski definition) is 6. The first-order valence-corrected chi connectivity index (χ1v) is 10.4. The minimum absolute atomic E-state index is 0.376. The summed E-state index contributed by atoms with van der Waals surface area (Å²) in [6.07, 6.45) is 3.54. The van der Waals surface area contributed by atoms with Crippen LogP contribution in [0.5, 0.6) is 0 Å². The van der Waals surface area contributed by atoms with E-state index in [1.165, 1.54) is 18.9 Å². The highest BCUT2D eigenvalue weighted by atomic mass is 32.1. The second-order valence-electron chi connectivity index (χ2n) is 6.84. The molecular formula is C16H35N2O3PS. The predicted molar refractivity (Wildman–Crippen MR) is 102 cm³/mol. The van der Waals surface area contributed by atoms with Gasteiger partial charge >= 0.3 is 0 Å². The van der Waals surface area contributed by atoms with E-state index in [0.717, 1.165) is 41.4 Å². The van der Waals surface area contributed by atoms with Gasteiger partial charge in [-0.05, 0) is 46.3 Å². The molecule has 0 spiro atoms. The molecule has 0 radical (unpaired) electrons. The number of hydrogen-bond donors (Lipinski definition) is 2. The van der Waals surface area contributed by atoms with Crippen LogP contribution in [0.25, 0.3) is 0 Å². The molecule has 2 fully saturated rings. The lowest BCUT2D eigenvalue weighted by molar-refractivity contribution is -0.0103. The van der Waals surface area contributed by atoms with Crippen LogP contribution < -0.4 is 0 Å². The second kappa shape index (κ2) is 11.2. The molecule has 2 saturated heterocycles. The Kier molecular flexibility index (Phi) is 10.6. The molecule has 2 rings (SSSR count). The van der Waals surface area contributed by atoms with E-state index in [4.69, 9.17) is 4.74 Å². The Hall–Kier alpha value is 0.580. The van der Waals surface area contributed by atoms with E-state index in [1.807, 2.05) is 13.8 Å². The first-order valence-electron chi connectivity index (χ1n) is 8.65. The maximum Gasteiger partial charge on any atom is 0.0749 e. The van der Waals surface area contributed by atoms with Gasteiger partial charge in [-0.15, -0.1) is 8.58 Å². The van der Waals surface area contributed by atoms with Crippen LogP contribution in [-0.2, 0) is 8.92 Å². The van der Waals surface area contributed by atoms with Gasteiger partial charge in [0.05, 0.1) is 25.4 Å². The summed E-state index contributed by atoms with van der Waals surface area (Å²) in [5.74, 6) is 0. The smallest absolute Gasteiger partial charge is 0.0749 e. The number of ether oxygens (including phenoxy) is 1. The third-order valence-corrected chi connectivity index (χ3v) is 6.05. The summed E-state index contributed by atoms with van der Waals surface area (Å²) >= 11 is 3.66. The lowest BCUT2D eigenvalue weighted by Gasteiger charge is -2.36. The van der Waals surface area contributed by atoms with Crippen molar-refractivity contribution in [2.24, 2.45) is 0 Å². The van der Waals surface area contributed by atoms with Gasteiger partial charge in [0.1, 0.15) is 0 Å². The molecule has 3 unspecified atom stereocenters. The fraction of sp³-hybridized carbons (Fsp3) is 1.00. The van der Waals surface area contributed by atoms with E-state index in [2.05, 4.69) is 40.7 Å². The highest BCUT2D eigenvalue weighted by molar-refractivity contribution is 7.75. The van der Waals surface area contributed by atoms with Crippen molar-refractivity contribution in [2.75, 3.05) is 51.9 Å². The molecule has 3 atom stereocenters. The fourth-order valence-corrected chi connectivity index (χ4v) is 4.91. The van der Waals surface area contributed by atoms with Crippen molar-refractivity contribution in [3.8, 4) is 0 Å². The van der Waals surface area contributed by atoms with Gasteiger partial charge in [-0.3, -0.25) is 9.80 Å². The van der Waals surface area contributed by atoms with Crippen molar-refractivity contribution in [3.63, 3.8) is 0 Å². The van der Waals surface area contributed by atoms with Crippen molar-refractivity contribution in [1.29, 1.82) is 0 Å². The molecule has 138 valence electrons. The van der Waals surface area contributed by atoms with Crippen LogP contribution in [0.15, 0.2) is 0 Å². The molecule has 7 heteroatoms. The molecule has 0 amide bonds. The number of nitrogens with zero attached hydrogens (tertiary/aromatic N) is 2. The van der Waals surface area contributed by atoms with E-state index >= 15 is 0 Å². The maximum absolute atomic E-state index is 10.00. The lowest BCUT2D eigenvalue weighted by Crippen LogP contribution is -2.50. The van der Waals surface area contributed by atoms with E-state index in [1.54, 1.807) is 0 Å². The Balaban J connectivity index is 0.000000238. The summed E-state index contributed by atoms with van der Waals surface area (Å²) in [4.78, 5) is 4.78. The third-order valence-electron chi connectivity index (χ3n) is 4.61. The van der Waals surface area contributed by atoms with Gasteiger partial charge in [-0.2, -0.15) is 0 Å². The maximum atomic E-state index is 10.00. The monoisotopic (exact) mass is 366 g/mol. The van der Waals surface area contributed by atoms with Crippen LogP contribution in [0.1, 0.15) is 34.1 Å². The van der Waals surface area contributed by atoms with Crippen LogP contribution in [-0.4, -0.2) is 84.5 Å². The molecule has 1 N–H and O–H groups in total. The lowest BCUT2D eigenvalue weighted by atomic mass is 9.98. The zero-order valence-corrected chi connectivity index (χ0v) is 17.0. The van der Waals surface area contributed by atoms with Gasteiger partial charge in [-0.1, -0.05) is 6.92 Å². The normalized spacial score (nSPS) is 26.1. The largest absolute Gasteiger partial charge is 0.389 e. The molecule has 0 bridgehead atoms. The quantitative estimate of drug-likeness (QED) is 0.428. The molecule has 5 nitrogen and oxygen atoms in total. The van der Waals surface area contributed by atoms with Crippen molar-refractivity contribution in [1.82, 2.24) is 9.80 Å². The van der Waals surface area contributed by atoms with E-state index in [-0.39, 0.29) is 0 Å². The first-order chi connectivity index (χ1) is 10.9. The van der Waals surface area contributed by atoms with Crippen LogP contribution >= 0.6 is 21.5 Å². The molecule has 2 aliphatic heterocycles. The molecule has 0 aromatic carbocycles. The third kappa shape index (κ3) is 8.00. The Morgan fingerprint density at radius 2 is 2.04 bits per heavy atom. The average Bonchev–Trinajstić information content (AvgIpc) is 3.04. The minimum atomic E-state index is -0.535. The number of morpholine rings is 1. The van der Waals surface area contributed by atoms with Gasteiger partial charge in [0.25, 0.3) is 0 Å². The zero-order chi connectivity index (χ0) is 17.3. The van der Waals surface area contributed by atoms with Crippen molar-refractivity contribution < 1.29 is 14.0 Å². The van der Waals surface area contributed by atoms with Crippen LogP contribution in [0.3, 0.4) is 0 Å². The summed E-state index contributed by atoms with van der Waals surface area (Å²) in [7, 11) is 1.00. The minimum Gasteiger partial charge on any atom is -0.389 e. The number of thiol groups is 1. The summed E-state index contributed by atoms with van der Waals surface area (Å²) < 4.78 is 9.83. The highest BCUT2D eigenvalue weighted by Gasteiger charge is 2.37. The van der Waals surface area contributed by atoms with Crippen LogP contribution in [0.4, 0.5) is 0 Å². The standard InChI is InChI=1S/C10H22NOP.C6H13NO2S/c1-5-8(2)11-7-13-6-9(11)10(3,4)12;10-9-6-3-7-1-4-8-5-2-7/h8-9,12-13H,5-7H2,1-4H3;10H,1-6H2. The number of aliphatic hydroxyl groups is 1. The first kappa shape index (κ1) is 21.6. The van der Waals surface area contributed by atoms with Gasteiger partial charge in [0.15, 0.2) is 0 Å². The van der Waals surface area contributed by atoms with Gasteiger partial charge < -0.3 is 14.0 Å². The van der Waals surface area contributed by atoms with Crippen LogP contribution in [0.2, 0.25) is 0 Å². The second-order valence-corrected chi connectivity index (χ2v) is 8.32. The molecule has 0 aromatic heterocycles. The van der Waals surface area contributed by atoms with E-state index in [9.17, 15) is 5.11 Å². The van der Waals surface area contributed by atoms with Gasteiger partial charge in [-0.25, -0.2) is 0 Å². The Bertz CT molecular complexity index is 312. The van der Waals surface area contributed by atoms with E-state index < -0.39 is 5.60 Å². The van der Waals surface area contributed by atoms with Crippen molar-refractivity contribution in [2.45, 2.75) is 51.8 Å². The molecule has 23 heavy (non-hydrogen) atoms. The van der Waals surface area contributed by atoms with Gasteiger partial charge in [0, 0.05) is 38.0 Å². The molecule has 2 heterocycles. The fourth-order valence-electron chi connectivity index (χ4n) is 2.91. The Labute approximate surface area is 149 Å². The SMILES string of the molecule is CCC(C)N1CPCC1C(C)(C)O.SOCCN1CCOCC1. The summed E-state index contributed by atoms with van der Waals surface area (Å²) in [6, 6.07) is 0.993. The van der Waals surface area contributed by atoms with Crippen molar-refractivity contribution in [3.05, 3.63) is 0 Å². The summed E-state index contributed by atoms with van der Waals surface area (Å²) in [5.41, 5.74) is -0.535. The zero-order valence-electron chi connectivity index (χ0n) is 15.1. The molecule has 0 saturated carbocycles. The predicted octanol–water partition coefficient (Wildman–Crippen LogP) is 2.06. The van der Waals surface area contributed by atoms with E-state index in [0.29, 0.717) is 18.7 Å². The highest BCUT2D eigenvalue weighted by Crippen LogP contribution is 2.34. The Morgan fingerprint density at radius 3 is 2.57 bits per heavy atom. The Morgan fingerprint density at radius 1 is 1.39 bits per heavy atom. The summed E-state index contributed by atoms with van der Waals surface area (Å²) in [5, 5.41) is 10.00. The van der Waals surface area contributed by atoms with Crippen LogP contribution in [0, 0.1) is 0 Å². The molecule has 0 aliphatic carbocycles. The van der Waals surface area contributed by atoms with Gasteiger partial charge in [0.2, 0.25) is 0 Å². The molecular weight excluding hydrogens is 331 g/mol. The topological polar surface area (TPSA) is 45.2 Å².